The molecule has 0 unspecified atom stereocenters. The molecular weight excluding hydrogens is 252 g/mol. The first kappa shape index (κ1) is 13.3. The molecule has 0 radical (unpaired) electrons. The highest BCUT2D eigenvalue weighted by molar-refractivity contribution is 5.25. The van der Waals surface area contributed by atoms with E-state index < -0.39 is 27.5 Å². The number of hydrogen-bond acceptors (Lipinski definition) is 5. The van der Waals surface area contributed by atoms with E-state index in [1.807, 2.05) is 9.97 Å². The maximum absolute atomic E-state index is 12.1. The van der Waals surface area contributed by atoms with Crippen LogP contribution in [-0.4, -0.2) is 19.7 Å². The van der Waals surface area contributed by atoms with Gasteiger partial charge in [-0.1, -0.05) is 9.27 Å². The highest BCUT2D eigenvalue weighted by atomic mass is 19.2. The van der Waals surface area contributed by atoms with Crippen molar-refractivity contribution in [1.29, 1.82) is 0 Å². The first-order chi connectivity index (χ1) is 8.41. The Balaban J connectivity index is 0.000000180. The van der Waals surface area contributed by atoms with E-state index >= 15 is 0 Å². The molecule has 2 aromatic rings. The summed E-state index contributed by atoms with van der Waals surface area (Å²) < 4.78 is 24.1. The van der Waals surface area contributed by atoms with E-state index in [0.29, 0.717) is 0 Å². The van der Waals surface area contributed by atoms with Crippen molar-refractivity contribution < 1.29 is 8.87 Å². The molecule has 96 valence electrons. The lowest BCUT2D eigenvalue weighted by atomic mass is 10.6. The lowest BCUT2D eigenvalue weighted by molar-refractivity contribution is 0.330. The lowest BCUT2D eigenvalue weighted by Gasteiger charge is -1.88. The van der Waals surface area contributed by atoms with E-state index in [4.69, 9.17) is 5.73 Å². The number of nitrogens with zero attached hydrogens (tertiary/aromatic N) is 2. The van der Waals surface area contributed by atoms with E-state index in [1.54, 1.807) is 0 Å². The predicted octanol–water partition coefficient (Wildman–Crippen LogP) is -1.24. The normalized spacial score (nSPS) is 9.44. The molecule has 2 heterocycles. The van der Waals surface area contributed by atoms with Crippen LogP contribution in [0.25, 0.3) is 0 Å². The molecule has 2 aromatic heterocycles. The van der Waals surface area contributed by atoms with Crippen molar-refractivity contribution in [3.8, 4) is 0 Å². The number of nitrogens with one attached hydrogen (secondary N) is 2. The smallest absolute Gasteiger partial charge is 0.357 e. The van der Waals surface area contributed by atoms with Crippen LogP contribution in [0.15, 0.2) is 32.8 Å². The fraction of sp³-hybridized carbons (Fsp3) is 0. The fourth-order valence-electron chi connectivity index (χ4n) is 0.801. The minimum atomic E-state index is -1.05. The Bertz CT molecular complexity index is 676. The van der Waals surface area contributed by atoms with Crippen LogP contribution < -0.4 is 22.7 Å². The Kier molecular flexibility index (Phi) is 4.07. The zero-order valence-corrected chi connectivity index (χ0v) is 8.68. The van der Waals surface area contributed by atoms with Gasteiger partial charge in [-0.05, 0) is 0 Å². The van der Waals surface area contributed by atoms with Gasteiger partial charge >= 0.3 is 11.4 Å². The molecule has 0 spiro atoms. The van der Waals surface area contributed by atoms with Gasteiger partial charge < -0.3 is 15.7 Å². The van der Waals surface area contributed by atoms with E-state index in [-0.39, 0.29) is 5.82 Å². The van der Waals surface area contributed by atoms with Crippen molar-refractivity contribution in [2.75, 3.05) is 5.73 Å². The molecule has 0 atom stereocenters. The minimum absolute atomic E-state index is 0.376. The van der Waals surface area contributed by atoms with Crippen molar-refractivity contribution in [2.45, 2.75) is 0 Å². The van der Waals surface area contributed by atoms with Gasteiger partial charge in [0.25, 0.3) is 5.56 Å². The molecule has 10 heteroatoms. The Morgan fingerprint density at radius 3 is 2.39 bits per heavy atom. The highest BCUT2D eigenvalue weighted by Crippen LogP contribution is 1.96. The fourth-order valence-corrected chi connectivity index (χ4v) is 0.801. The third-order valence-corrected chi connectivity index (χ3v) is 1.59. The van der Waals surface area contributed by atoms with E-state index in [0.717, 1.165) is 18.5 Å². The maximum Gasteiger partial charge on any atom is 0.357 e. The molecule has 0 bridgehead atoms. The van der Waals surface area contributed by atoms with Crippen molar-refractivity contribution in [3.63, 3.8) is 0 Å². The summed E-state index contributed by atoms with van der Waals surface area (Å²) in [5.41, 5.74) is 2.26. The molecule has 8 nitrogen and oxygen atoms in total. The summed E-state index contributed by atoms with van der Waals surface area (Å²) in [6.45, 7) is 0. The predicted molar refractivity (Wildman–Crippen MR) is 57.1 cm³/mol. The number of anilines is 1. The van der Waals surface area contributed by atoms with Crippen LogP contribution >= 0.6 is 0 Å². The zero-order chi connectivity index (χ0) is 13.7. The second-order valence-corrected chi connectivity index (χ2v) is 2.84. The van der Waals surface area contributed by atoms with Crippen molar-refractivity contribution in [3.05, 3.63) is 55.6 Å². The average molecular weight is 259 g/mol. The van der Waals surface area contributed by atoms with E-state index in [9.17, 15) is 23.3 Å². The van der Waals surface area contributed by atoms with Crippen LogP contribution in [0.2, 0.25) is 0 Å². The van der Waals surface area contributed by atoms with Crippen LogP contribution in [0.5, 0.6) is 0 Å². The largest absolute Gasteiger partial charge is 0.381 e. The summed E-state index contributed by atoms with van der Waals surface area (Å²) in [6, 6.07) is 0.918. The summed E-state index contributed by atoms with van der Waals surface area (Å²) >= 11 is 0. The molecular formula is C8H7F2N5O3. The molecule has 0 aromatic carbocycles. The van der Waals surface area contributed by atoms with Gasteiger partial charge in [0.1, 0.15) is 0 Å². The molecule has 0 aliphatic carbocycles. The number of nitrogens with two attached hydrogens (primary N) is 1. The summed E-state index contributed by atoms with van der Waals surface area (Å²) in [4.78, 5) is 37.2. The van der Waals surface area contributed by atoms with Crippen molar-refractivity contribution in [2.24, 2.45) is 0 Å². The molecule has 0 saturated heterocycles. The van der Waals surface area contributed by atoms with E-state index in [1.165, 1.54) is 0 Å². The van der Waals surface area contributed by atoms with Gasteiger partial charge in [0.2, 0.25) is 0 Å². The number of aromatic amines is 2. The minimum Gasteiger partial charge on any atom is -0.381 e. The molecule has 2 rings (SSSR count). The Labute approximate surface area is 96.7 Å². The van der Waals surface area contributed by atoms with Crippen molar-refractivity contribution >= 4 is 5.82 Å². The zero-order valence-electron chi connectivity index (χ0n) is 8.68. The Morgan fingerprint density at radius 2 is 1.94 bits per heavy atom. The molecule has 4 N–H and O–H groups in total. The van der Waals surface area contributed by atoms with Gasteiger partial charge in [0.15, 0.2) is 11.6 Å². The van der Waals surface area contributed by atoms with Gasteiger partial charge in [-0.15, -0.1) is 0 Å². The second kappa shape index (κ2) is 5.52. The SMILES string of the molecule is Nc1nc(=O)[nH]cc1F.O=c1cc[nH]c(=O)n1F. The van der Waals surface area contributed by atoms with Crippen LogP contribution in [0.3, 0.4) is 0 Å². The van der Waals surface area contributed by atoms with Crippen molar-refractivity contribution in [1.82, 2.24) is 19.7 Å². The molecule has 0 aliphatic rings. The average Bonchev–Trinajstić information content (AvgIpc) is 2.32. The maximum atomic E-state index is 12.1. The van der Waals surface area contributed by atoms with Gasteiger partial charge in [-0.2, -0.15) is 4.98 Å². The molecule has 0 fully saturated rings. The van der Waals surface area contributed by atoms with Gasteiger partial charge in [-0.3, -0.25) is 4.79 Å². The van der Waals surface area contributed by atoms with Crippen LogP contribution in [0.1, 0.15) is 0 Å². The number of halogens is 2. The Morgan fingerprint density at radius 1 is 1.28 bits per heavy atom. The summed E-state index contributed by atoms with van der Waals surface area (Å²) in [6.07, 6.45) is 1.95. The topological polar surface area (TPSA) is 127 Å². The second-order valence-electron chi connectivity index (χ2n) is 2.84. The van der Waals surface area contributed by atoms with E-state index in [2.05, 4.69) is 4.98 Å². The highest BCUT2D eigenvalue weighted by Gasteiger charge is 1.96. The third-order valence-electron chi connectivity index (χ3n) is 1.59. The molecule has 0 saturated carbocycles. The summed E-state index contributed by atoms with van der Waals surface area (Å²) in [5, 5.41) is 0. The van der Waals surface area contributed by atoms with Crippen LogP contribution in [0, 0.1) is 5.82 Å². The Hall–Kier alpha value is -2.78. The van der Waals surface area contributed by atoms with Gasteiger partial charge in [-0.25, -0.2) is 14.0 Å². The van der Waals surface area contributed by atoms with Gasteiger partial charge in [0.05, 0.1) is 0 Å². The quantitative estimate of drug-likeness (QED) is 0.545. The standard InChI is InChI=1S/C4H4FN3O.C4H3FN2O2/c5-2-1-7-4(9)8-3(2)6;5-7-3(8)1-2-6-4(7)9/h1H,(H3,6,7,8,9);1-2H,(H,6,9). The van der Waals surface area contributed by atoms with Crippen LogP contribution in [-0.2, 0) is 0 Å². The molecule has 18 heavy (non-hydrogen) atoms. The summed E-state index contributed by atoms with van der Waals surface area (Å²) in [7, 11) is 0. The molecule has 0 amide bonds. The first-order valence-electron chi connectivity index (χ1n) is 4.39. The molecule has 0 aliphatic heterocycles. The number of nitrogen functional groups attached to an aromatic ring is 1. The monoisotopic (exact) mass is 259 g/mol. The summed E-state index contributed by atoms with van der Waals surface area (Å²) in [5.74, 6) is -1.09. The number of hydrogen-bond donors (Lipinski definition) is 3. The number of rotatable bonds is 0. The number of H-pyrrole nitrogens is 2. The lowest BCUT2D eigenvalue weighted by Crippen LogP contribution is -2.28. The van der Waals surface area contributed by atoms with Gasteiger partial charge in [0, 0.05) is 18.5 Å². The van der Waals surface area contributed by atoms with Crippen LogP contribution in [0.4, 0.5) is 14.7 Å². The third kappa shape index (κ3) is 3.37. The number of aromatic nitrogens is 4. The first-order valence-corrected chi connectivity index (χ1v) is 4.39.